The van der Waals surface area contributed by atoms with E-state index in [-0.39, 0.29) is 11.7 Å². The first-order valence-electron chi connectivity index (χ1n) is 9.03. The first kappa shape index (κ1) is 17.9. The summed E-state index contributed by atoms with van der Waals surface area (Å²) in [6.45, 7) is 5.62. The fourth-order valence-electron chi connectivity index (χ4n) is 3.57. The Labute approximate surface area is 156 Å². The summed E-state index contributed by atoms with van der Waals surface area (Å²) in [5, 5.41) is 14.3. The van der Waals surface area contributed by atoms with Gasteiger partial charge in [-0.1, -0.05) is 11.2 Å². The van der Waals surface area contributed by atoms with E-state index in [1.165, 1.54) is 12.1 Å². The highest BCUT2D eigenvalue weighted by Crippen LogP contribution is 2.26. The van der Waals surface area contributed by atoms with Crippen LogP contribution < -0.4 is 0 Å². The molecule has 3 heterocycles. The normalized spacial score (nSPS) is 20.4. The molecule has 1 N–H and O–H groups in total. The molecule has 2 aromatic heterocycles. The Morgan fingerprint density at radius 1 is 1.26 bits per heavy atom. The Kier molecular flexibility index (Phi) is 4.80. The minimum absolute atomic E-state index is 0.0900. The minimum Gasteiger partial charge on any atom is -0.441 e. The summed E-state index contributed by atoms with van der Waals surface area (Å²) in [5.74, 6) is 1.68. The molecule has 0 saturated carbocycles. The van der Waals surface area contributed by atoms with E-state index < -0.39 is 6.10 Å². The first-order valence-corrected chi connectivity index (χ1v) is 9.03. The molecule has 4 rings (SSSR count). The van der Waals surface area contributed by atoms with Gasteiger partial charge in [0.1, 0.15) is 17.3 Å². The van der Waals surface area contributed by atoms with Crippen LogP contribution in [0.1, 0.15) is 22.9 Å². The maximum Gasteiger partial charge on any atom is 0.226 e. The number of nitrogens with zero attached hydrogens (tertiary/aromatic N) is 3. The number of aliphatic hydroxyl groups is 1. The maximum absolute atomic E-state index is 13.4. The molecule has 27 heavy (non-hydrogen) atoms. The number of oxazole rings is 1. The zero-order valence-electron chi connectivity index (χ0n) is 15.4. The van der Waals surface area contributed by atoms with Gasteiger partial charge >= 0.3 is 0 Å². The summed E-state index contributed by atoms with van der Waals surface area (Å²) in [6.07, 6.45) is 0.232. The van der Waals surface area contributed by atoms with E-state index in [9.17, 15) is 9.50 Å². The third kappa shape index (κ3) is 3.94. The lowest BCUT2D eigenvalue weighted by atomic mass is 10.0. The van der Waals surface area contributed by atoms with Gasteiger partial charge in [0, 0.05) is 43.6 Å². The first-order chi connectivity index (χ1) is 13.0. The summed E-state index contributed by atoms with van der Waals surface area (Å²) >= 11 is 0. The zero-order valence-corrected chi connectivity index (χ0v) is 15.4. The predicted molar refractivity (Wildman–Crippen MR) is 96.4 cm³/mol. The highest BCUT2D eigenvalue weighted by atomic mass is 19.1. The zero-order chi connectivity index (χ0) is 19.0. The summed E-state index contributed by atoms with van der Waals surface area (Å²) in [4.78, 5) is 6.69. The van der Waals surface area contributed by atoms with Crippen molar-refractivity contribution in [1.29, 1.82) is 0 Å². The largest absolute Gasteiger partial charge is 0.441 e. The minimum atomic E-state index is -0.426. The summed E-state index contributed by atoms with van der Waals surface area (Å²) < 4.78 is 24.4. The third-order valence-corrected chi connectivity index (χ3v) is 4.96. The van der Waals surface area contributed by atoms with Crippen molar-refractivity contribution in [2.75, 3.05) is 13.1 Å². The van der Waals surface area contributed by atoms with Crippen molar-refractivity contribution >= 4 is 0 Å². The smallest absolute Gasteiger partial charge is 0.226 e. The van der Waals surface area contributed by atoms with E-state index in [1.54, 1.807) is 12.1 Å². The molecule has 0 amide bonds. The molecule has 3 aromatic rings. The molecule has 1 aliphatic rings. The van der Waals surface area contributed by atoms with Crippen LogP contribution >= 0.6 is 0 Å². The monoisotopic (exact) mass is 371 g/mol. The molecule has 0 radical (unpaired) electrons. The Bertz CT molecular complexity index is 936. The van der Waals surface area contributed by atoms with Gasteiger partial charge in [-0.3, -0.25) is 4.90 Å². The highest BCUT2D eigenvalue weighted by Gasteiger charge is 2.33. The molecule has 0 aliphatic carbocycles. The summed E-state index contributed by atoms with van der Waals surface area (Å²) in [6, 6.07) is 8.11. The average molecular weight is 371 g/mol. The topological polar surface area (TPSA) is 75.5 Å². The average Bonchev–Trinajstić information content (AvgIpc) is 3.29. The number of β-amino-alcohol motifs (C(OH)–C–C–N with tert-alkyl or cyclic N) is 1. The van der Waals surface area contributed by atoms with E-state index in [4.69, 9.17) is 8.94 Å². The number of halogens is 1. The van der Waals surface area contributed by atoms with Crippen molar-refractivity contribution in [2.45, 2.75) is 32.9 Å². The molecule has 1 aliphatic heterocycles. The number of aryl methyl sites for hydroxylation is 2. The Balaban J connectivity index is 1.44. The van der Waals surface area contributed by atoms with Crippen molar-refractivity contribution in [1.82, 2.24) is 15.0 Å². The van der Waals surface area contributed by atoms with Gasteiger partial charge in [-0.2, -0.15) is 0 Å². The number of aromatic nitrogens is 2. The lowest BCUT2D eigenvalue weighted by Gasteiger charge is -2.13. The third-order valence-electron chi connectivity index (χ3n) is 4.96. The maximum atomic E-state index is 13.4. The molecular weight excluding hydrogens is 349 g/mol. The highest BCUT2D eigenvalue weighted by molar-refractivity contribution is 5.53. The second-order valence-corrected chi connectivity index (χ2v) is 7.19. The van der Waals surface area contributed by atoms with Crippen LogP contribution in [0.4, 0.5) is 4.39 Å². The molecular formula is C20H22FN3O3. The van der Waals surface area contributed by atoms with Crippen molar-refractivity contribution in [3.05, 3.63) is 59.1 Å². The van der Waals surface area contributed by atoms with Crippen LogP contribution in [0.2, 0.25) is 0 Å². The van der Waals surface area contributed by atoms with Gasteiger partial charge in [0.25, 0.3) is 0 Å². The fraction of sp³-hybridized carbons (Fsp3) is 0.400. The number of hydrogen-bond acceptors (Lipinski definition) is 6. The van der Waals surface area contributed by atoms with Crippen LogP contribution in [0.25, 0.3) is 11.5 Å². The molecule has 2 atom stereocenters. The van der Waals surface area contributed by atoms with Gasteiger partial charge in [0.2, 0.25) is 5.89 Å². The summed E-state index contributed by atoms with van der Waals surface area (Å²) in [7, 11) is 0. The number of likely N-dealkylation sites (tertiary alicyclic amines) is 1. The molecule has 1 fully saturated rings. The van der Waals surface area contributed by atoms with Gasteiger partial charge in [-0.05, 0) is 32.0 Å². The molecule has 142 valence electrons. The van der Waals surface area contributed by atoms with Crippen molar-refractivity contribution < 1.29 is 18.4 Å². The van der Waals surface area contributed by atoms with E-state index in [1.807, 2.05) is 19.9 Å². The molecule has 0 spiro atoms. The Morgan fingerprint density at radius 2 is 2.11 bits per heavy atom. The van der Waals surface area contributed by atoms with Crippen LogP contribution in [-0.4, -0.2) is 39.3 Å². The van der Waals surface area contributed by atoms with E-state index in [0.29, 0.717) is 36.7 Å². The SMILES string of the molecule is Cc1cc(C[C@@H]2CN(Cc3nc(-c4cccc(F)c4)oc3C)C[C@@H]2O)on1. The van der Waals surface area contributed by atoms with Gasteiger partial charge in [-0.25, -0.2) is 9.37 Å². The van der Waals surface area contributed by atoms with Gasteiger partial charge in [0.05, 0.1) is 17.5 Å². The van der Waals surface area contributed by atoms with Crippen molar-refractivity contribution in [3.63, 3.8) is 0 Å². The Morgan fingerprint density at radius 3 is 2.85 bits per heavy atom. The molecule has 6 nitrogen and oxygen atoms in total. The molecule has 7 heteroatoms. The second kappa shape index (κ2) is 7.25. The fourth-order valence-corrected chi connectivity index (χ4v) is 3.57. The number of rotatable bonds is 5. The van der Waals surface area contributed by atoms with Gasteiger partial charge in [0.15, 0.2) is 0 Å². The Hall–Kier alpha value is -2.51. The number of aliphatic hydroxyl groups excluding tert-OH is 1. The molecule has 1 aromatic carbocycles. The predicted octanol–water partition coefficient (Wildman–Crippen LogP) is 3.12. The van der Waals surface area contributed by atoms with Crippen molar-refractivity contribution in [3.8, 4) is 11.5 Å². The van der Waals surface area contributed by atoms with Gasteiger partial charge in [-0.15, -0.1) is 0 Å². The van der Waals surface area contributed by atoms with E-state index in [2.05, 4.69) is 15.0 Å². The number of hydrogen-bond donors (Lipinski definition) is 1. The van der Waals surface area contributed by atoms with E-state index in [0.717, 1.165) is 23.7 Å². The van der Waals surface area contributed by atoms with Crippen LogP contribution in [-0.2, 0) is 13.0 Å². The molecule has 1 saturated heterocycles. The van der Waals surface area contributed by atoms with Crippen LogP contribution in [0, 0.1) is 25.6 Å². The van der Waals surface area contributed by atoms with Crippen LogP contribution in [0.15, 0.2) is 39.3 Å². The quantitative estimate of drug-likeness (QED) is 0.743. The lowest BCUT2D eigenvalue weighted by Crippen LogP contribution is -2.22. The van der Waals surface area contributed by atoms with Crippen LogP contribution in [0.3, 0.4) is 0 Å². The van der Waals surface area contributed by atoms with E-state index >= 15 is 0 Å². The number of benzene rings is 1. The van der Waals surface area contributed by atoms with Gasteiger partial charge < -0.3 is 14.0 Å². The van der Waals surface area contributed by atoms with Crippen molar-refractivity contribution in [2.24, 2.45) is 5.92 Å². The molecule has 0 unspecified atom stereocenters. The van der Waals surface area contributed by atoms with Crippen LogP contribution in [0.5, 0.6) is 0 Å². The second-order valence-electron chi connectivity index (χ2n) is 7.19. The standard InChI is InChI=1S/C20H22FN3O3/c1-12-6-17(27-23-12)8-15-9-24(11-19(15)25)10-18-13(2)26-20(22-18)14-4-3-5-16(21)7-14/h3-7,15,19,25H,8-11H2,1-2H3/t15-,19+/m1/s1. The lowest BCUT2D eigenvalue weighted by molar-refractivity contribution is 0.137. The summed E-state index contributed by atoms with van der Waals surface area (Å²) in [5.41, 5.74) is 2.26. The molecule has 0 bridgehead atoms.